The van der Waals surface area contributed by atoms with E-state index in [0.717, 1.165) is 6.33 Å². The van der Waals surface area contributed by atoms with Gasteiger partial charge in [-0.25, -0.2) is 19.3 Å². The molecule has 1 aliphatic rings. The van der Waals surface area contributed by atoms with Gasteiger partial charge in [-0.05, 0) is 0 Å². The Bertz CT molecular complexity index is 955. The van der Waals surface area contributed by atoms with Gasteiger partial charge in [0.1, 0.15) is 30.2 Å². The molecule has 28 heavy (non-hydrogen) atoms. The molecule has 1 fully saturated rings. The second-order valence-corrected chi connectivity index (χ2v) is 8.65. The van der Waals surface area contributed by atoms with Crippen LogP contribution in [0.2, 0.25) is 0 Å². The van der Waals surface area contributed by atoms with Crippen LogP contribution in [0, 0.1) is 0 Å². The van der Waals surface area contributed by atoms with Crippen LogP contribution in [0.3, 0.4) is 0 Å². The fourth-order valence-corrected chi connectivity index (χ4v) is 4.26. The van der Waals surface area contributed by atoms with Crippen molar-refractivity contribution >= 4 is 32.6 Å². The number of anilines is 1. The van der Waals surface area contributed by atoms with Gasteiger partial charge in [0.05, 0.1) is 12.9 Å². The number of nitrogen functional groups attached to an aromatic ring is 1. The Morgan fingerprint density at radius 1 is 1.25 bits per heavy atom. The van der Waals surface area contributed by atoms with E-state index in [9.17, 15) is 29.1 Å². The summed E-state index contributed by atoms with van der Waals surface area (Å²) in [6.45, 7) is -0.844. The molecule has 15 nitrogen and oxygen atoms in total. The fourth-order valence-electron chi connectivity index (χ4n) is 2.50. The normalized spacial score (nSPS) is 29.6. The summed E-state index contributed by atoms with van der Waals surface area (Å²) in [6, 6.07) is 0. The van der Waals surface area contributed by atoms with Gasteiger partial charge in [-0.1, -0.05) is 0 Å². The predicted octanol–water partition coefficient (Wildman–Crippen LogP) is -2.36. The molecule has 6 atom stereocenters. The van der Waals surface area contributed by atoms with Crippen molar-refractivity contribution in [3.8, 4) is 0 Å². The Morgan fingerprint density at radius 3 is 2.64 bits per heavy atom. The molecule has 156 valence electrons. The number of phosphoric acid groups is 2. The van der Waals surface area contributed by atoms with Gasteiger partial charge in [0, 0.05) is 7.11 Å². The molecule has 0 amide bonds. The van der Waals surface area contributed by atoms with E-state index in [0.29, 0.717) is 7.11 Å². The SMILES string of the molecule is COP(=O)([O-])OP(=O)([O-])OC[C@H]1O[C@@H](n2cnc3c(N)ncnc32)C(O)[C@H]1O. The molecule has 2 aromatic rings. The van der Waals surface area contributed by atoms with Crippen molar-refractivity contribution in [2.24, 2.45) is 0 Å². The first-order chi connectivity index (χ1) is 13.0. The number of aliphatic hydroxyl groups excluding tert-OH is 2. The summed E-state index contributed by atoms with van der Waals surface area (Å²) in [5, 5.41) is 20.3. The van der Waals surface area contributed by atoms with E-state index in [1.54, 1.807) is 0 Å². The molecule has 2 aromatic heterocycles. The number of aliphatic hydroxyl groups is 2. The number of nitrogens with two attached hydrogens (primary N) is 1. The lowest BCUT2D eigenvalue weighted by molar-refractivity contribution is -0.244. The lowest BCUT2D eigenvalue weighted by atomic mass is 10.1. The summed E-state index contributed by atoms with van der Waals surface area (Å²) in [5.74, 6) is 0.0845. The van der Waals surface area contributed by atoms with Gasteiger partial charge in [0.2, 0.25) is 0 Å². The molecule has 1 aliphatic heterocycles. The average molecular weight is 439 g/mol. The molecular formula is C11H15N5O10P2-2. The zero-order valence-electron chi connectivity index (χ0n) is 14.1. The Labute approximate surface area is 156 Å². The van der Waals surface area contributed by atoms with Crippen molar-refractivity contribution < 1.29 is 47.2 Å². The number of nitrogens with zero attached hydrogens (tertiary/aromatic N) is 4. The van der Waals surface area contributed by atoms with Crippen molar-refractivity contribution in [3.05, 3.63) is 12.7 Å². The van der Waals surface area contributed by atoms with Crippen molar-refractivity contribution in [1.82, 2.24) is 19.5 Å². The lowest BCUT2D eigenvalue weighted by Crippen LogP contribution is -2.34. The summed E-state index contributed by atoms with van der Waals surface area (Å²) in [4.78, 5) is 34.4. The zero-order valence-corrected chi connectivity index (χ0v) is 15.9. The predicted molar refractivity (Wildman–Crippen MR) is 84.9 cm³/mol. The van der Waals surface area contributed by atoms with Crippen LogP contribution in [0.5, 0.6) is 0 Å². The van der Waals surface area contributed by atoms with Crippen LogP contribution in [0.15, 0.2) is 12.7 Å². The minimum Gasteiger partial charge on any atom is -0.756 e. The van der Waals surface area contributed by atoms with Crippen LogP contribution in [-0.2, 0) is 27.2 Å². The van der Waals surface area contributed by atoms with E-state index in [1.165, 1.54) is 10.9 Å². The van der Waals surface area contributed by atoms with Crippen molar-refractivity contribution in [2.75, 3.05) is 19.5 Å². The molecule has 3 unspecified atom stereocenters. The van der Waals surface area contributed by atoms with Crippen LogP contribution in [0.4, 0.5) is 5.82 Å². The van der Waals surface area contributed by atoms with E-state index < -0.39 is 46.8 Å². The van der Waals surface area contributed by atoms with Gasteiger partial charge in [-0.2, -0.15) is 0 Å². The summed E-state index contributed by atoms with van der Waals surface area (Å²) >= 11 is 0. The monoisotopic (exact) mass is 439 g/mol. The number of aromatic nitrogens is 4. The third-order valence-electron chi connectivity index (χ3n) is 3.82. The number of hydrogen-bond donors (Lipinski definition) is 3. The van der Waals surface area contributed by atoms with E-state index in [-0.39, 0.29) is 17.0 Å². The smallest absolute Gasteiger partial charge is 0.274 e. The van der Waals surface area contributed by atoms with E-state index in [4.69, 9.17) is 10.5 Å². The highest BCUT2D eigenvalue weighted by atomic mass is 31.3. The maximum Gasteiger partial charge on any atom is 0.274 e. The molecule has 0 spiro atoms. The van der Waals surface area contributed by atoms with Crippen molar-refractivity contribution in [3.63, 3.8) is 0 Å². The molecule has 3 rings (SSSR count). The van der Waals surface area contributed by atoms with E-state index in [2.05, 4.69) is 28.3 Å². The maximum atomic E-state index is 11.6. The van der Waals surface area contributed by atoms with Gasteiger partial charge in [-0.15, -0.1) is 0 Å². The van der Waals surface area contributed by atoms with Crippen LogP contribution in [0.25, 0.3) is 11.2 Å². The number of rotatable bonds is 7. The highest BCUT2D eigenvalue weighted by Crippen LogP contribution is 2.55. The molecule has 0 aliphatic carbocycles. The largest absolute Gasteiger partial charge is 0.756 e. The average Bonchev–Trinajstić information content (AvgIpc) is 3.16. The fraction of sp³-hybridized carbons (Fsp3) is 0.545. The number of ether oxygens (including phenoxy) is 1. The Morgan fingerprint density at radius 2 is 1.96 bits per heavy atom. The maximum absolute atomic E-state index is 11.6. The minimum atomic E-state index is -5.33. The van der Waals surface area contributed by atoms with Crippen LogP contribution < -0.4 is 15.5 Å². The molecular weight excluding hydrogens is 424 g/mol. The Kier molecular flexibility index (Phi) is 5.85. The first kappa shape index (κ1) is 21.2. The van der Waals surface area contributed by atoms with E-state index in [1.807, 2.05) is 0 Å². The van der Waals surface area contributed by atoms with Crippen molar-refractivity contribution in [1.29, 1.82) is 0 Å². The number of phosphoric ester groups is 2. The molecule has 1 saturated heterocycles. The molecule has 0 aromatic carbocycles. The van der Waals surface area contributed by atoms with Crippen LogP contribution in [0.1, 0.15) is 6.23 Å². The molecule has 4 N–H and O–H groups in total. The third kappa shape index (κ3) is 4.23. The number of hydrogen-bond acceptors (Lipinski definition) is 14. The molecule has 3 heterocycles. The van der Waals surface area contributed by atoms with Gasteiger partial charge in [0.15, 0.2) is 17.7 Å². The second kappa shape index (κ2) is 7.72. The summed E-state index contributed by atoms with van der Waals surface area (Å²) in [6.07, 6.45) is -3.25. The quantitative estimate of drug-likeness (QED) is 0.384. The summed E-state index contributed by atoms with van der Waals surface area (Å²) in [7, 11) is -9.74. The number of imidazole rings is 1. The molecule has 0 bridgehead atoms. The lowest BCUT2D eigenvalue weighted by Gasteiger charge is -2.30. The molecule has 0 radical (unpaired) electrons. The van der Waals surface area contributed by atoms with Crippen LogP contribution >= 0.6 is 15.6 Å². The van der Waals surface area contributed by atoms with E-state index >= 15 is 0 Å². The summed E-state index contributed by atoms with van der Waals surface area (Å²) in [5.41, 5.74) is 6.11. The standard InChI is InChI=1S/C11H17N5O10P2/c1-23-27(19,20)26-28(21,22)24-2-5-7(17)8(18)11(25-5)16-4-15-6-9(12)13-3-14-10(6)16/h3-5,7-8,11,17-18H,2H2,1H3,(H,19,20)(H,21,22)(H2,12,13,14)/p-2/t5-,7+,8?,11-/m1/s1. The van der Waals surface area contributed by atoms with Crippen molar-refractivity contribution in [2.45, 2.75) is 24.5 Å². The molecule has 17 heteroatoms. The van der Waals surface area contributed by atoms with Crippen LogP contribution in [-0.4, -0.2) is 61.8 Å². The third-order valence-corrected chi connectivity index (χ3v) is 6.33. The first-order valence-corrected chi connectivity index (χ1v) is 10.4. The topological polar surface area (TPSA) is 227 Å². The van der Waals surface area contributed by atoms with Gasteiger partial charge >= 0.3 is 0 Å². The Hall–Kier alpha value is -1.51. The minimum absolute atomic E-state index is 0.0845. The second-order valence-electron chi connectivity index (χ2n) is 5.58. The first-order valence-electron chi connectivity index (χ1n) is 7.53. The van der Waals surface area contributed by atoms with Gasteiger partial charge in [0.25, 0.3) is 15.6 Å². The highest BCUT2D eigenvalue weighted by molar-refractivity contribution is 7.59. The number of fused-ring (bicyclic) bond motifs is 1. The molecule has 0 saturated carbocycles. The Balaban J connectivity index is 1.73. The summed E-state index contributed by atoms with van der Waals surface area (Å²) < 4.78 is 41.4. The zero-order chi connectivity index (χ0) is 20.7. The highest BCUT2D eigenvalue weighted by Gasteiger charge is 2.45. The van der Waals surface area contributed by atoms with Gasteiger partial charge in [-0.3, -0.25) is 13.7 Å². The van der Waals surface area contributed by atoms with Gasteiger partial charge < -0.3 is 39.5 Å².